The van der Waals surface area contributed by atoms with Crippen molar-refractivity contribution in [2.45, 2.75) is 51.7 Å². The Kier molecular flexibility index (Phi) is 4.73. The lowest BCUT2D eigenvalue weighted by atomic mass is 9.97. The van der Waals surface area contributed by atoms with E-state index in [1.807, 2.05) is 12.1 Å². The molecule has 1 N–H and O–H groups in total. The number of nitrogens with zero attached hydrogens (tertiary/aromatic N) is 1. The summed E-state index contributed by atoms with van der Waals surface area (Å²) < 4.78 is 1.51. The lowest BCUT2D eigenvalue weighted by Gasteiger charge is -2.39. The van der Waals surface area contributed by atoms with Crippen molar-refractivity contribution in [3.05, 3.63) is 26.6 Å². The van der Waals surface area contributed by atoms with Gasteiger partial charge >= 0.3 is 0 Å². The average Bonchev–Trinajstić information content (AvgIpc) is 2.31. The highest BCUT2D eigenvalue weighted by molar-refractivity contribution is 9.11. The first-order valence-corrected chi connectivity index (χ1v) is 8.00. The van der Waals surface area contributed by atoms with Crippen molar-refractivity contribution in [1.29, 1.82) is 0 Å². The predicted octanol–water partition coefficient (Wildman–Crippen LogP) is 4.68. The molecule has 0 spiro atoms. The van der Waals surface area contributed by atoms with E-state index in [1.165, 1.54) is 24.8 Å². The first-order valence-electron chi connectivity index (χ1n) is 6.41. The number of halogens is 2. The van der Waals surface area contributed by atoms with Crippen molar-refractivity contribution in [3.8, 4) is 5.75 Å². The van der Waals surface area contributed by atoms with E-state index in [9.17, 15) is 5.11 Å². The van der Waals surface area contributed by atoms with E-state index in [0.717, 1.165) is 15.5 Å². The third kappa shape index (κ3) is 3.09. The van der Waals surface area contributed by atoms with E-state index in [-0.39, 0.29) is 5.75 Å². The molecule has 1 fully saturated rings. The van der Waals surface area contributed by atoms with Crippen molar-refractivity contribution in [3.63, 3.8) is 0 Å². The summed E-state index contributed by atoms with van der Waals surface area (Å²) in [4.78, 5) is 2.55. The number of rotatable bonds is 2. The highest BCUT2D eigenvalue weighted by Crippen LogP contribution is 2.34. The van der Waals surface area contributed by atoms with Crippen LogP contribution in [0.3, 0.4) is 0 Å². The summed E-state index contributed by atoms with van der Waals surface area (Å²) in [6, 6.07) is 5.29. The number of benzene rings is 1. The molecule has 0 aliphatic carbocycles. The maximum atomic E-state index is 9.73. The summed E-state index contributed by atoms with van der Waals surface area (Å²) in [5, 5.41) is 9.73. The number of hydrogen-bond donors (Lipinski definition) is 1. The van der Waals surface area contributed by atoms with Crippen LogP contribution in [0.1, 0.15) is 38.7 Å². The van der Waals surface area contributed by atoms with Crippen molar-refractivity contribution in [2.75, 3.05) is 0 Å². The number of piperidine rings is 1. The Hall–Kier alpha value is -0.0600. The summed E-state index contributed by atoms with van der Waals surface area (Å²) >= 11 is 6.79. The van der Waals surface area contributed by atoms with E-state index >= 15 is 0 Å². The van der Waals surface area contributed by atoms with Crippen LogP contribution in [0.15, 0.2) is 21.1 Å². The minimum Gasteiger partial charge on any atom is -0.506 e. The SMILES string of the molecule is C[C@@H]1CCC[C@H](C)N1Cc1cc(Br)c(O)c(Br)c1. The monoisotopic (exact) mass is 375 g/mol. The fourth-order valence-corrected chi connectivity index (χ4v) is 3.99. The van der Waals surface area contributed by atoms with Crippen LogP contribution in [0.2, 0.25) is 0 Å². The molecule has 0 unspecified atom stereocenters. The molecule has 4 heteroatoms. The molecule has 1 aromatic carbocycles. The molecule has 1 aliphatic rings. The molecule has 1 aliphatic heterocycles. The minimum atomic E-state index is 0.276. The molecule has 0 bridgehead atoms. The fraction of sp³-hybridized carbons (Fsp3) is 0.571. The van der Waals surface area contributed by atoms with E-state index in [1.54, 1.807) is 0 Å². The minimum absolute atomic E-state index is 0.276. The fourth-order valence-electron chi connectivity index (χ4n) is 2.71. The van der Waals surface area contributed by atoms with Crippen LogP contribution in [0, 0.1) is 0 Å². The lowest BCUT2D eigenvalue weighted by molar-refractivity contribution is 0.0952. The summed E-state index contributed by atoms with van der Waals surface area (Å²) in [6.45, 7) is 5.56. The second-order valence-electron chi connectivity index (χ2n) is 5.21. The predicted molar refractivity (Wildman–Crippen MR) is 81.8 cm³/mol. The van der Waals surface area contributed by atoms with E-state index in [2.05, 4.69) is 50.6 Å². The number of phenols is 1. The molecule has 100 valence electrons. The van der Waals surface area contributed by atoms with Gasteiger partial charge in [-0.15, -0.1) is 0 Å². The van der Waals surface area contributed by atoms with Crippen LogP contribution in [0.5, 0.6) is 5.75 Å². The Labute approximate surface area is 126 Å². The van der Waals surface area contributed by atoms with Crippen molar-refractivity contribution in [1.82, 2.24) is 4.90 Å². The van der Waals surface area contributed by atoms with Crippen LogP contribution in [0.4, 0.5) is 0 Å². The first kappa shape index (κ1) is 14.4. The van der Waals surface area contributed by atoms with E-state index < -0.39 is 0 Å². The number of aromatic hydroxyl groups is 1. The van der Waals surface area contributed by atoms with Crippen LogP contribution >= 0.6 is 31.9 Å². The summed E-state index contributed by atoms with van der Waals surface area (Å²) in [6.07, 6.45) is 3.90. The molecule has 18 heavy (non-hydrogen) atoms. The summed E-state index contributed by atoms with van der Waals surface area (Å²) in [7, 11) is 0. The zero-order chi connectivity index (χ0) is 13.3. The van der Waals surface area contributed by atoms with Gasteiger partial charge in [-0.05, 0) is 76.2 Å². The number of phenolic OH excluding ortho intramolecular Hbond substituents is 1. The van der Waals surface area contributed by atoms with Gasteiger partial charge in [-0.2, -0.15) is 0 Å². The second kappa shape index (κ2) is 5.93. The van der Waals surface area contributed by atoms with Gasteiger partial charge in [-0.1, -0.05) is 6.42 Å². The van der Waals surface area contributed by atoms with Gasteiger partial charge in [0.05, 0.1) is 8.95 Å². The maximum absolute atomic E-state index is 9.73. The van der Waals surface area contributed by atoms with Crippen LogP contribution in [0.25, 0.3) is 0 Å². The molecule has 1 aromatic rings. The molecule has 0 radical (unpaired) electrons. The average molecular weight is 377 g/mol. The zero-order valence-corrected chi connectivity index (χ0v) is 14.0. The van der Waals surface area contributed by atoms with Gasteiger partial charge in [0.1, 0.15) is 5.75 Å². The highest BCUT2D eigenvalue weighted by atomic mass is 79.9. The summed E-state index contributed by atoms with van der Waals surface area (Å²) in [5.41, 5.74) is 1.23. The van der Waals surface area contributed by atoms with Gasteiger partial charge < -0.3 is 5.11 Å². The van der Waals surface area contributed by atoms with Crippen molar-refractivity contribution < 1.29 is 5.11 Å². The third-order valence-corrected chi connectivity index (χ3v) is 5.03. The van der Waals surface area contributed by atoms with Gasteiger partial charge in [0.2, 0.25) is 0 Å². The molecular formula is C14H19Br2NO. The number of likely N-dealkylation sites (tertiary alicyclic amines) is 1. The normalized spacial score (nSPS) is 25.3. The van der Waals surface area contributed by atoms with Crippen LogP contribution < -0.4 is 0 Å². The summed E-state index contributed by atoms with van der Waals surface area (Å²) in [5.74, 6) is 0.276. The smallest absolute Gasteiger partial charge is 0.143 e. The molecule has 1 saturated heterocycles. The molecule has 0 saturated carbocycles. The Bertz CT molecular complexity index is 403. The maximum Gasteiger partial charge on any atom is 0.143 e. The quantitative estimate of drug-likeness (QED) is 0.809. The van der Waals surface area contributed by atoms with Gasteiger partial charge in [0, 0.05) is 18.6 Å². The van der Waals surface area contributed by atoms with Gasteiger partial charge in [-0.3, -0.25) is 4.90 Å². The van der Waals surface area contributed by atoms with E-state index in [0.29, 0.717) is 12.1 Å². The Morgan fingerprint density at radius 2 is 1.67 bits per heavy atom. The molecule has 2 nitrogen and oxygen atoms in total. The zero-order valence-electron chi connectivity index (χ0n) is 10.8. The van der Waals surface area contributed by atoms with Crippen LogP contribution in [-0.4, -0.2) is 22.1 Å². The topological polar surface area (TPSA) is 23.5 Å². The van der Waals surface area contributed by atoms with Gasteiger partial charge in [0.25, 0.3) is 0 Å². The van der Waals surface area contributed by atoms with Gasteiger partial charge in [-0.25, -0.2) is 0 Å². The Morgan fingerprint density at radius 3 is 2.17 bits per heavy atom. The Morgan fingerprint density at radius 1 is 1.17 bits per heavy atom. The molecule has 2 rings (SSSR count). The molecule has 0 aromatic heterocycles. The standard InChI is InChI=1S/C14H19Br2NO/c1-9-4-3-5-10(2)17(9)8-11-6-12(15)14(18)13(16)7-11/h6-7,9-10,18H,3-5,8H2,1-2H3/t9-,10+. The Balaban J connectivity index is 2.18. The van der Waals surface area contributed by atoms with Crippen molar-refractivity contribution >= 4 is 31.9 Å². The third-order valence-electron chi connectivity index (χ3n) is 3.82. The van der Waals surface area contributed by atoms with Gasteiger partial charge in [0.15, 0.2) is 0 Å². The molecule has 1 heterocycles. The lowest BCUT2D eigenvalue weighted by Crippen LogP contribution is -2.42. The first-order chi connectivity index (χ1) is 8.49. The molecule has 2 atom stereocenters. The second-order valence-corrected chi connectivity index (χ2v) is 6.92. The molecule has 0 amide bonds. The largest absolute Gasteiger partial charge is 0.506 e. The van der Waals surface area contributed by atoms with Crippen LogP contribution in [-0.2, 0) is 6.54 Å². The molecular weight excluding hydrogens is 358 g/mol. The van der Waals surface area contributed by atoms with Crippen molar-refractivity contribution in [2.24, 2.45) is 0 Å². The van der Waals surface area contributed by atoms with E-state index in [4.69, 9.17) is 0 Å². The highest BCUT2D eigenvalue weighted by Gasteiger charge is 2.24. The number of hydrogen-bond acceptors (Lipinski definition) is 2.